The van der Waals surface area contributed by atoms with Crippen LogP contribution in [0.5, 0.6) is 0 Å². The summed E-state index contributed by atoms with van der Waals surface area (Å²) in [6.07, 6.45) is 50.2. The Morgan fingerprint density at radius 1 is 0.571 bits per heavy atom. The minimum atomic E-state index is -4.44. The van der Waals surface area contributed by atoms with Crippen molar-refractivity contribution in [2.24, 2.45) is 0 Å². The molecule has 0 saturated heterocycles. The fraction of sp³-hybridized carbons (Fsp3) is 0.769. The highest BCUT2D eigenvalue weighted by atomic mass is 31.2. The number of unbranched alkanes of at least 4 members (excludes halogenated alkanes) is 20. The number of quaternary nitrogens is 1. The molecule has 0 rings (SSSR count). The predicted octanol–water partition coefficient (Wildman–Crippen LogP) is 13.8. The van der Waals surface area contributed by atoms with Gasteiger partial charge >= 0.3 is 19.8 Å². The van der Waals surface area contributed by atoms with Crippen LogP contribution in [0.2, 0.25) is 0 Å². The molecule has 0 aromatic carbocycles. The number of aliphatic hydroxyl groups is 1. The molecule has 0 aliphatic heterocycles. The van der Waals surface area contributed by atoms with E-state index in [9.17, 15) is 24.2 Å². The Morgan fingerprint density at radius 3 is 1.63 bits per heavy atom. The lowest BCUT2D eigenvalue weighted by Gasteiger charge is -2.24. The second-order valence-corrected chi connectivity index (χ2v) is 19.5. The number of nitrogens with zero attached hydrogens (tertiary/aromatic N) is 1. The van der Waals surface area contributed by atoms with Crippen LogP contribution in [0.15, 0.2) is 60.8 Å². The molecule has 63 heavy (non-hydrogen) atoms. The number of ether oxygens (including phenoxy) is 2. The van der Waals surface area contributed by atoms with E-state index >= 15 is 0 Å². The molecule has 0 spiro atoms. The molecule has 0 fully saturated rings. The fourth-order valence-electron chi connectivity index (χ4n) is 6.64. The number of rotatable bonds is 45. The fourth-order valence-corrected chi connectivity index (χ4v) is 7.38. The van der Waals surface area contributed by atoms with Gasteiger partial charge in [-0.2, -0.15) is 0 Å². The lowest BCUT2D eigenvalue weighted by molar-refractivity contribution is -0.870. The number of aliphatic hydroxyl groups excluding tert-OH is 1. The van der Waals surface area contributed by atoms with Crippen molar-refractivity contribution in [2.45, 2.75) is 212 Å². The average Bonchev–Trinajstić information content (AvgIpc) is 3.23. The summed E-state index contributed by atoms with van der Waals surface area (Å²) in [4.78, 5) is 35.5. The molecule has 0 aliphatic carbocycles. The molecule has 0 bridgehead atoms. The van der Waals surface area contributed by atoms with Gasteiger partial charge in [-0.05, 0) is 70.6 Å². The third-order valence-corrected chi connectivity index (χ3v) is 11.6. The second kappa shape index (κ2) is 43.6. The topological polar surface area (TPSA) is 129 Å². The van der Waals surface area contributed by atoms with E-state index in [4.69, 9.17) is 18.5 Å². The maximum absolute atomic E-state index is 12.7. The number of carbonyl (C=O) groups excluding carboxylic acids is 2. The van der Waals surface area contributed by atoms with Crippen molar-refractivity contribution in [2.75, 3.05) is 47.5 Å². The first-order chi connectivity index (χ1) is 30.4. The van der Waals surface area contributed by atoms with Gasteiger partial charge in [0.2, 0.25) is 0 Å². The summed E-state index contributed by atoms with van der Waals surface area (Å²) in [5, 5.41) is 10.3. The molecule has 0 amide bonds. The van der Waals surface area contributed by atoms with Gasteiger partial charge in [0.1, 0.15) is 19.8 Å². The van der Waals surface area contributed by atoms with Crippen LogP contribution >= 0.6 is 7.82 Å². The lowest BCUT2D eigenvalue weighted by Crippen LogP contribution is -2.37. The summed E-state index contributed by atoms with van der Waals surface area (Å²) >= 11 is 0. The number of esters is 2. The van der Waals surface area contributed by atoms with Gasteiger partial charge in [-0.15, -0.1) is 0 Å². The molecular formula is C52H95NO9P+. The van der Waals surface area contributed by atoms with E-state index in [1.54, 1.807) is 12.2 Å². The Kier molecular flexibility index (Phi) is 41.9. The zero-order chi connectivity index (χ0) is 46.5. The van der Waals surface area contributed by atoms with Gasteiger partial charge in [0.05, 0.1) is 33.9 Å². The molecule has 0 saturated carbocycles. The molecule has 0 aliphatic rings. The van der Waals surface area contributed by atoms with E-state index in [2.05, 4.69) is 50.3 Å². The molecule has 10 nitrogen and oxygen atoms in total. The highest BCUT2D eigenvalue weighted by Gasteiger charge is 2.27. The van der Waals surface area contributed by atoms with Crippen molar-refractivity contribution in [1.29, 1.82) is 0 Å². The van der Waals surface area contributed by atoms with Crippen molar-refractivity contribution in [1.82, 2.24) is 0 Å². The molecule has 0 aromatic rings. The van der Waals surface area contributed by atoms with Gasteiger partial charge < -0.3 is 24.0 Å². The first-order valence-corrected chi connectivity index (χ1v) is 26.6. The Hall–Kier alpha value is -2.33. The normalized spacial score (nSPS) is 14.5. The van der Waals surface area contributed by atoms with Crippen LogP contribution in [0.4, 0.5) is 0 Å². The van der Waals surface area contributed by atoms with Crippen LogP contribution < -0.4 is 0 Å². The van der Waals surface area contributed by atoms with E-state index in [0.29, 0.717) is 30.3 Å². The third-order valence-electron chi connectivity index (χ3n) is 10.6. The zero-order valence-electron chi connectivity index (χ0n) is 40.9. The second-order valence-electron chi connectivity index (χ2n) is 18.0. The Morgan fingerprint density at radius 2 is 1.05 bits per heavy atom. The smallest absolute Gasteiger partial charge is 0.462 e. The van der Waals surface area contributed by atoms with E-state index in [1.165, 1.54) is 116 Å². The van der Waals surface area contributed by atoms with Gasteiger partial charge in [0.15, 0.2) is 6.10 Å². The lowest BCUT2D eigenvalue weighted by atomic mass is 10.0. The van der Waals surface area contributed by atoms with E-state index in [-0.39, 0.29) is 26.1 Å². The molecule has 0 heterocycles. The van der Waals surface area contributed by atoms with Gasteiger partial charge in [0, 0.05) is 12.8 Å². The SMILES string of the molecule is CCCCC/C=C\C/C=C\C/C=C\C=C\[C@H](O)CCCC(=O)O[C@H](COC(=O)CCCCCCCCCCCCC/C=C\CCCCCCCC)COP(=O)(O)OCC[N+](C)(C)C. The Balaban J connectivity index is 4.42. The van der Waals surface area contributed by atoms with Crippen molar-refractivity contribution in [3.63, 3.8) is 0 Å². The molecule has 0 radical (unpaired) electrons. The number of phosphoric acid groups is 1. The number of hydrogen-bond acceptors (Lipinski definition) is 8. The highest BCUT2D eigenvalue weighted by Crippen LogP contribution is 2.43. The quantitative estimate of drug-likeness (QED) is 0.0153. The van der Waals surface area contributed by atoms with Crippen LogP contribution in [0.3, 0.4) is 0 Å². The Labute approximate surface area is 386 Å². The summed E-state index contributed by atoms with van der Waals surface area (Å²) in [6.45, 7) is 4.17. The summed E-state index contributed by atoms with van der Waals surface area (Å²) < 4.78 is 34.2. The van der Waals surface area contributed by atoms with E-state index in [0.717, 1.165) is 38.5 Å². The molecule has 0 aromatic heterocycles. The first-order valence-electron chi connectivity index (χ1n) is 25.1. The van der Waals surface area contributed by atoms with Crippen LogP contribution in [0, 0.1) is 0 Å². The predicted molar refractivity (Wildman–Crippen MR) is 262 cm³/mol. The number of likely N-dealkylation sites (N-methyl/N-ethyl adjacent to an activating group) is 1. The van der Waals surface area contributed by atoms with Crippen LogP contribution in [0.1, 0.15) is 200 Å². The molecule has 11 heteroatoms. The summed E-state index contributed by atoms with van der Waals surface area (Å²) in [5.74, 6) is -1.00. The third kappa shape index (κ3) is 47.5. The van der Waals surface area contributed by atoms with Crippen LogP contribution in [-0.4, -0.2) is 86.1 Å². The van der Waals surface area contributed by atoms with Crippen LogP contribution in [0.25, 0.3) is 0 Å². The van der Waals surface area contributed by atoms with Crippen molar-refractivity contribution in [3.8, 4) is 0 Å². The van der Waals surface area contributed by atoms with Crippen molar-refractivity contribution in [3.05, 3.63) is 60.8 Å². The minimum Gasteiger partial charge on any atom is -0.462 e. The van der Waals surface area contributed by atoms with Crippen molar-refractivity contribution < 1.29 is 47.2 Å². The maximum atomic E-state index is 12.7. The standard InChI is InChI=1S/C52H94NO9P/c1-6-8-10-12-14-16-18-20-21-22-23-24-25-26-27-29-31-33-35-37-39-43-51(55)59-47-50(48-61-63(57,58)60-46-45-53(3,4)5)62-52(56)44-40-42-49(54)41-38-36-34-32-30-28-19-17-15-13-11-9-7-2/h15,17,20-21,28,30,34,36,38,41,49-50,54H,6-14,16,18-19,22-27,29,31-33,35,37,39-40,42-48H2,1-5H3/p+1/b17-15-,21-20-,30-28-,36-34-,41-38+/t49-,50+/m0/s1. The summed E-state index contributed by atoms with van der Waals surface area (Å²) in [6, 6.07) is 0. The van der Waals surface area contributed by atoms with Gasteiger partial charge in [-0.25, -0.2) is 4.57 Å². The molecule has 1 unspecified atom stereocenters. The number of allylic oxidation sites excluding steroid dienone is 9. The van der Waals surface area contributed by atoms with E-state index < -0.39 is 38.6 Å². The minimum absolute atomic E-state index is 0.00483. The number of carbonyl (C=O) groups is 2. The van der Waals surface area contributed by atoms with Crippen LogP contribution in [-0.2, 0) is 32.7 Å². The maximum Gasteiger partial charge on any atom is 0.472 e. The Bertz CT molecular complexity index is 1270. The molecule has 366 valence electrons. The summed E-state index contributed by atoms with van der Waals surface area (Å²) in [5.41, 5.74) is 0. The van der Waals surface area contributed by atoms with E-state index in [1.807, 2.05) is 33.3 Å². The molecule has 3 atom stereocenters. The molecular weight excluding hydrogens is 814 g/mol. The molecule has 2 N–H and O–H groups in total. The number of hydrogen-bond donors (Lipinski definition) is 2. The van der Waals surface area contributed by atoms with Gasteiger partial charge in [-0.1, -0.05) is 177 Å². The monoisotopic (exact) mass is 909 g/mol. The van der Waals surface area contributed by atoms with Gasteiger partial charge in [0.25, 0.3) is 0 Å². The first kappa shape index (κ1) is 60.7. The highest BCUT2D eigenvalue weighted by molar-refractivity contribution is 7.47. The zero-order valence-corrected chi connectivity index (χ0v) is 41.8. The van der Waals surface area contributed by atoms with Crippen molar-refractivity contribution >= 4 is 19.8 Å². The average molecular weight is 909 g/mol. The largest absolute Gasteiger partial charge is 0.472 e. The number of phosphoric ester groups is 1. The van der Waals surface area contributed by atoms with Gasteiger partial charge in [-0.3, -0.25) is 18.6 Å². The summed E-state index contributed by atoms with van der Waals surface area (Å²) in [7, 11) is 1.36.